The molecular weight excluding hydrogens is 336 g/mol. The van der Waals surface area contributed by atoms with Crippen LogP contribution >= 0.6 is 0 Å². The summed E-state index contributed by atoms with van der Waals surface area (Å²) in [5.74, 6) is -0.255. The maximum Gasteiger partial charge on any atom is 0.274 e. The van der Waals surface area contributed by atoms with Crippen molar-refractivity contribution in [3.05, 3.63) is 66.3 Å². The van der Waals surface area contributed by atoms with Crippen LogP contribution in [0.4, 0.5) is 8.78 Å². The molecule has 0 bridgehead atoms. The summed E-state index contributed by atoms with van der Waals surface area (Å²) in [6, 6.07) is 8.39. The van der Waals surface area contributed by atoms with Gasteiger partial charge in [-0.05, 0) is 25.0 Å². The molecule has 1 atom stereocenters. The van der Waals surface area contributed by atoms with E-state index in [2.05, 4.69) is 22.2 Å². The molecule has 2 aromatic rings. The summed E-state index contributed by atoms with van der Waals surface area (Å²) in [7, 11) is 0. The largest absolute Gasteiger partial charge is 0.349 e. The molecule has 6 heteroatoms. The summed E-state index contributed by atoms with van der Waals surface area (Å²) in [6.07, 6.45) is 5.81. The molecule has 138 valence electrons. The molecule has 0 radical (unpaired) electrons. The molecule has 0 unspecified atom stereocenters. The molecule has 0 fully saturated rings. The second kappa shape index (κ2) is 10.4. The number of halogens is 2. The van der Waals surface area contributed by atoms with Crippen LogP contribution in [0.25, 0.3) is 5.57 Å². The topological polar surface area (TPSA) is 54.9 Å². The Morgan fingerprint density at radius 3 is 2.38 bits per heavy atom. The highest BCUT2D eigenvalue weighted by molar-refractivity contribution is 5.94. The zero-order chi connectivity index (χ0) is 18.8. The van der Waals surface area contributed by atoms with E-state index >= 15 is 0 Å². The fourth-order valence-electron chi connectivity index (χ4n) is 2.73. The molecule has 1 N–H and O–H groups in total. The number of aromatic nitrogens is 2. The van der Waals surface area contributed by atoms with Crippen molar-refractivity contribution in [3.8, 4) is 0 Å². The van der Waals surface area contributed by atoms with E-state index in [0.29, 0.717) is 12.0 Å². The Morgan fingerprint density at radius 2 is 1.77 bits per heavy atom. The van der Waals surface area contributed by atoms with Crippen LogP contribution < -0.4 is 5.32 Å². The third-order valence-electron chi connectivity index (χ3n) is 4.12. The monoisotopic (exact) mass is 359 g/mol. The molecule has 1 heterocycles. The summed E-state index contributed by atoms with van der Waals surface area (Å²) in [4.78, 5) is 20.1. The third-order valence-corrected chi connectivity index (χ3v) is 4.12. The molecule has 1 aromatic carbocycles. The van der Waals surface area contributed by atoms with Gasteiger partial charge < -0.3 is 5.32 Å². The van der Waals surface area contributed by atoms with Crippen LogP contribution in [-0.4, -0.2) is 21.9 Å². The normalized spacial score (nSPS) is 11.7. The fourth-order valence-corrected chi connectivity index (χ4v) is 2.73. The van der Waals surface area contributed by atoms with Gasteiger partial charge in [-0.3, -0.25) is 4.79 Å². The van der Waals surface area contributed by atoms with E-state index in [1.54, 1.807) is 24.3 Å². The van der Waals surface area contributed by atoms with E-state index in [4.69, 9.17) is 0 Å². The Balaban J connectivity index is 2.15. The van der Waals surface area contributed by atoms with E-state index in [1.165, 1.54) is 18.7 Å². The number of rotatable bonds is 9. The average Bonchev–Trinajstić information content (AvgIpc) is 2.67. The van der Waals surface area contributed by atoms with Crippen molar-refractivity contribution < 1.29 is 13.6 Å². The predicted octanol–water partition coefficient (Wildman–Crippen LogP) is 4.85. The fraction of sp³-hybridized carbons (Fsp3) is 0.350. The number of nitrogens with zero attached hydrogens (tertiary/aromatic N) is 2. The van der Waals surface area contributed by atoms with Crippen LogP contribution in [0, 0.1) is 0 Å². The molecule has 26 heavy (non-hydrogen) atoms. The number of hydrogen-bond acceptors (Lipinski definition) is 3. The summed E-state index contributed by atoms with van der Waals surface area (Å²) in [5, 5.41) is 2.90. The summed E-state index contributed by atoms with van der Waals surface area (Å²) in [5.41, 5.74) is 0.671. The van der Waals surface area contributed by atoms with E-state index in [0.717, 1.165) is 19.3 Å². The number of amides is 1. The van der Waals surface area contributed by atoms with Gasteiger partial charge >= 0.3 is 0 Å². The van der Waals surface area contributed by atoms with Crippen molar-refractivity contribution in [1.82, 2.24) is 15.3 Å². The molecule has 4 nitrogen and oxygen atoms in total. The van der Waals surface area contributed by atoms with E-state index in [1.807, 2.05) is 6.07 Å². The first-order chi connectivity index (χ1) is 12.6. The van der Waals surface area contributed by atoms with E-state index in [9.17, 15) is 13.6 Å². The average molecular weight is 359 g/mol. The Hall–Kier alpha value is -2.63. The minimum Gasteiger partial charge on any atom is -0.349 e. The van der Waals surface area contributed by atoms with Crippen molar-refractivity contribution in [1.29, 1.82) is 0 Å². The molecule has 0 spiro atoms. The lowest BCUT2D eigenvalue weighted by Gasteiger charge is -2.20. The highest BCUT2D eigenvalue weighted by Crippen LogP contribution is 2.26. The molecular formula is C20H23F2N3O. The number of nitrogens with one attached hydrogen (secondary N) is 1. The lowest BCUT2D eigenvalue weighted by Crippen LogP contribution is -2.35. The van der Waals surface area contributed by atoms with Crippen molar-refractivity contribution in [2.75, 3.05) is 0 Å². The van der Waals surface area contributed by atoms with Gasteiger partial charge in [0.1, 0.15) is 6.33 Å². The number of benzene rings is 1. The first kappa shape index (κ1) is 19.7. The number of hydrogen-bond donors (Lipinski definition) is 1. The van der Waals surface area contributed by atoms with Crippen LogP contribution in [0.3, 0.4) is 0 Å². The second-order valence-corrected chi connectivity index (χ2v) is 6.10. The van der Waals surface area contributed by atoms with E-state index in [-0.39, 0.29) is 29.5 Å². The van der Waals surface area contributed by atoms with Crippen LogP contribution in [0.2, 0.25) is 0 Å². The molecule has 0 saturated carbocycles. The smallest absolute Gasteiger partial charge is 0.274 e. The number of carbonyl (C=O) groups is 1. The summed E-state index contributed by atoms with van der Waals surface area (Å²) in [6.45, 7) is 2.07. The lowest BCUT2D eigenvalue weighted by atomic mass is 9.97. The minimum atomic E-state index is -1.77. The number of carbonyl (C=O) groups excluding carboxylic acids is 1. The first-order valence-electron chi connectivity index (χ1n) is 8.77. The zero-order valence-corrected chi connectivity index (χ0v) is 14.8. The van der Waals surface area contributed by atoms with Gasteiger partial charge in [0, 0.05) is 35.1 Å². The van der Waals surface area contributed by atoms with E-state index < -0.39 is 6.08 Å². The molecule has 0 aliphatic carbocycles. The van der Waals surface area contributed by atoms with Gasteiger partial charge in [-0.25, -0.2) is 9.97 Å². The second-order valence-electron chi connectivity index (χ2n) is 6.10. The van der Waals surface area contributed by atoms with Crippen molar-refractivity contribution in [3.63, 3.8) is 0 Å². The lowest BCUT2D eigenvalue weighted by molar-refractivity contribution is 0.0935. The van der Waals surface area contributed by atoms with Gasteiger partial charge in [-0.15, -0.1) is 0 Å². The van der Waals surface area contributed by atoms with Gasteiger partial charge in [-0.2, -0.15) is 8.78 Å². The molecule has 0 saturated heterocycles. The third kappa shape index (κ3) is 6.02. The molecule has 2 rings (SSSR count). The molecule has 1 aromatic heterocycles. The maximum atomic E-state index is 13.5. The van der Waals surface area contributed by atoms with Crippen molar-refractivity contribution in [2.24, 2.45) is 0 Å². The maximum absolute atomic E-state index is 13.5. The van der Waals surface area contributed by atoms with Crippen LogP contribution in [0.15, 0.2) is 55.1 Å². The van der Waals surface area contributed by atoms with Gasteiger partial charge in [0.05, 0.1) is 0 Å². The van der Waals surface area contributed by atoms with Crippen LogP contribution in [0.1, 0.15) is 54.9 Å². The van der Waals surface area contributed by atoms with Gasteiger partial charge in [0.25, 0.3) is 12.0 Å². The SMILES string of the molecule is CCCCC[C@@H](CC(=C(F)F)c1cncnc1)NC(=O)c1ccccc1. The highest BCUT2D eigenvalue weighted by Gasteiger charge is 2.19. The molecule has 0 aliphatic heterocycles. The Morgan fingerprint density at radius 1 is 1.08 bits per heavy atom. The van der Waals surface area contributed by atoms with Crippen LogP contribution in [0.5, 0.6) is 0 Å². The standard InChI is InChI=1S/C20H23F2N3O/c1-2-3-5-10-17(25-20(26)15-8-6-4-7-9-15)11-18(19(21)22)16-12-23-14-24-13-16/h4,6-9,12-14,17H,2-3,5,10-11H2,1H3,(H,25,26)/t17-/m0/s1. The van der Waals surface area contributed by atoms with Crippen molar-refractivity contribution >= 4 is 11.5 Å². The zero-order valence-electron chi connectivity index (χ0n) is 14.8. The van der Waals surface area contributed by atoms with Gasteiger partial charge in [-0.1, -0.05) is 44.4 Å². The number of unbranched alkanes of at least 4 members (excludes halogenated alkanes) is 2. The van der Waals surface area contributed by atoms with Gasteiger partial charge in [0.2, 0.25) is 0 Å². The first-order valence-corrected chi connectivity index (χ1v) is 8.77. The Kier molecular flexibility index (Phi) is 7.86. The Labute approximate surface area is 152 Å². The van der Waals surface area contributed by atoms with Crippen LogP contribution in [-0.2, 0) is 0 Å². The quantitative estimate of drug-likeness (QED) is 0.651. The molecule has 0 aliphatic rings. The summed E-state index contributed by atoms with van der Waals surface area (Å²) < 4.78 is 27.0. The van der Waals surface area contributed by atoms with Crippen molar-refractivity contribution in [2.45, 2.75) is 45.1 Å². The molecule has 1 amide bonds. The minimum absolute atomic E-state index is 0.0397. The van der Waals surface area contributed by atoms with Gasteiger partial charge in [0.15, 0.2) is 0 Å². The highest BCUT2D eigenvalue weighted by atomic mass is 19.3. The predicted molar refractivity (Wildman–Crippen MR) is 97.6 cm³/mol. The Bertz CT molecular complexity index is 716. The summed E-state index contributed by atoms with van der Waals surface area (Å²) >= 11 is 0.